The van der Waals surface area contributed by atoms with Crippen molar-refractivity contribution in [3.8, 4) is 5.75 Å². The fourth-order valence-corrected chi connectivity index (χ4v) is 2.99. The van der Waals surface area contributed by atoms with Crippen LogP contribution in [0.4, 0.5) is 0 Å². The maximum Gasteiger partial charge on any atom is 0.119 e. The van der Waals surface area contributed by atoms with Crippen molar-refractivity contribution in [2.45, 2.75) is 53.1 Å². The third-order valence-corrected chi connectivity index (χ3v) is 5.00. The molecule has 2 rings (SSSR count). The highest BCUT2D eigenvalue weighted by Crippen LogP contribution is 2.34. The molecule has 2 aromatic rings. The maximum atomic E-state index is 5.80. The van der Waals surface area contributed by atoms with Gasteiger partial charge in [0.05, 0.1) is 0 Å². The Hall–Kier alpha value is -1.76. The van der Waals surface area contributed by atoms with Gasteiger partial charge in [-0.2, -0.15) is 0 Å². The summed E-state index contributed by atoms with van der Waals surface area (Å²) in [6.45, 7) is 7.57. The van der Waals surface area contributed by atoms with Gasteiger partial charge in [-0.25, -0.2) is 0 Å². The molecule has 0 saturated heterocycles. The van der Waals surface area contributed by atoms with Gasteiger partial charge in [0.1, 0.15) is 12.4 Å². The summed E-state index contributed by atoms with van der Waals surface area (Å²) in [7, 11) is 0. The van der Waals surface area contributed by atoms with Gasteiger partial charge in [-0.05, 0) is 35.1 Å². The van der Waals surface area contributed by atoms with E-state index in [4.69, 9.17) is 4.74 Å². The Morgan fingerprint density at radius 3 is 1.82 bits per heavy atom. The lowest BCUT2D eigenvalue weighted by Gasteiger charge is -2.30. The lowest BCUT2D eigenvalue weighted by Crippen LogP contribution is -2.20. The first-order valence-corrected chi connectivity index (χ1v) is 8.47. The van der Waals surface area contributed by atoms with E-state index in [-0.39, 0.29) is 0 Å². The average molecular weight is 296 g/mol. The zero-order valence-electron chi connectivity index (χ0n) is 14.1. The molecule has 0 amide bonds. The summed E-state index contributed by atoms with van der Waals surface area (Å²) >= 11 is 0. The highest BCUT2D eigenvalue weighted by atomic mass is 16.5. The summed E-state index contributed by atoms with van der Waals surface area (Å²) in [5.41, 5.74) is 3.12. The number of hydrogen-bond acceptors (Lipinski definition) is 1. The van der Waals surface area contributed by atoms with E-state index in [2.05, 4.69) is 45.0 Å². The van der Waals surface area contributed by atoms with Crippen LogP contribution in [-0.4, -0.2) is 0 Å². The standard InChI is InChI=1S/C21H28O/c1-4-21(5-2,6-3)16-18-12-14-19(15-13-18)17-22-20-10-8-7-9-11-20/h7-15H,4-6,16-17H2,1-3H3. The second-order valence-electron chi connectivity index (χ2n) is 6.16. The summed E-state index contributed by atoms with van der Waals surface area (Å²) in [6.07, 6.45) is 4.92. The molecule has 1 heteroatoms. The van der Waals surface area contributed by atoms with Crippen molar-refractivity contribution in [3.63, 3.8) is 0 Å². The summed E-state index contributed by atoms with van der Waals surface area (Å²) < 4.78 is 5.80. The van der Waals surface area contributed by atoms with E-state index in [1.165, 1.54) is 36.8 Å². The fraction of sp³-hybridized carbons (Fsp3) is 0.429. The van der Waals surface area contributed by atoms with Crippen molar-refractivity contribution in [2.75, 3.05) is 0 Å². The van der Waals surface area contributed by atoms with Crippen LogP contribution in [0.1, 0.15) is 51.2 Å². The topological polar surface area (TPSA) is 9.23 Å². The molecule has 0 fully saturated rings. The van der Waals surface area contributed by atoms with Gasteiger partial charge in [-0.1, -0.05) is 82.5 Å². The summed E-state index contributed by atoms with van der Waals surface area (Å²) in [6, 6.07) is 18.9. The van der Waals surface area contributed by atoms with Gasteiger partial charge in [0.2, 0.25) is 0 Å². The van der Waals surface area contributed by atoms with Gasteiger partial charge in [0.15, 0.2) is 0 Å². The molecule has 0 aliphatic rings. The zero-order chi connectivity index (χ0) is 15.8. The third kappa shape index (κ3) is 4.37. The van der Waals surface area contributed by atoms with Gasteiger partial charge < -0.3 is 4.74 Å². The average Bonchev–Trinajstić information content (AvgIpc) is 2.60. The van der Waals surface area contributed by atoms with Crippen LogP contribution in [0, 0.1) is 5.41 Å². The molecule has 0 saturated carbocycles. The molecule has 0 atom stereocenters. The molecule has 0 bridgehead atoms. The van der Waals surface area contributed by atoms with E-state index >= 15 is 0 Å². The molecule has 0 spiro atoms. The van der Waals surface area contributed by atoms with Gasteiger partial charge in [-0.15, -0.1) is 0 Å². The van der Waals surface area contributed by atoms with E-state index in [1.54, 1.807) is 0 Å². The van der Waals surface area contributed by atoms with E-state index in [0.717, 1.165) is 5.75 Å². The lowest BCUT2D eigenvalue weighted by atomic mass is 9.75. The Kier molecular flexibility index (Phi) is 6.06. The van der Waals surface area contributed by atoms with Gasteiger partial charge in [-0.3, -0.25) is 0 Å². The quantitative estimate of drug-likeness (QED) is 0.578. The van der Waals surface area contributed by atoms with E-state index < -0.39 is 0 Å². The Morgan fingerprint density at radius 2 is 1.27 bits per heavy atom. The Morgan fingerprint density at radius 1 is 0.727 bits per heavy atom. The summed E-state index contributed by atoms with van der Waals surface area (Å²) in [4.78, 5) is 0. The number of rotatable bonds is 8. The van der Waals surface area contributed by atoms with Crippen LogP contribution < -0.4 is 4.74 Å². The third-order valence-electron chi connectivity index (χ3n) is 5.00. The molecule has 0 unspecified atom stereocenters. The summed E-state index contributed by atoms with van der Waals surface area (Å²) in [5, 5.41) is 0. The smallest absolute Gasteiger partial charge is 0.119 e. The van der Waals surface area contributed by atoms with Crippen LogP contribution in [0.15, 0.2) is 54.6 Å². The number of para-hydroxylation sites is 1. The van der Waals surface area contributed by atoms with E-state index in [0.29, 0.717) is 12.0 Å². The predicted molar refractivity (Wildman–Crippen MR) is 94.2 cm³/mol. The maximum absolute atomic E-state index is 5.80. The van der Waals surface area contributed by atoms with Crippen molar-refractivity contribution in [2.24, 2.45) is 5.41 Å². The lowest BCUT2D eigenvalue weighted by molar-refractivity contribution is 0.248. The van der Waals surface area contributed by atoms with Crippen LogP contribution >= 0.6 is 0 Å². The number of hydrogen-bond donors (Lipinski definition) is 0. The van der Waals surface area contributed by atoms with Crippen LogP contribution in [-0.2, 0) is 13.0 Å². The van der Waals surface area contributed by atoms with E-state index in [9.17, 15) is 0 Å². The first-order chi connectivity index (χ1) is 10.7. The first-order valence-electron chi connectivity index (χ1n) is 8.47. The Bertz CT molecular complexity index is 530. The largest absolute Gasteiger partial charge is 0.489 e. The highest BCUT2D eigenvalue weighted by molar-refractivity contribution is 5.25. The molecule has 0 N–H and O–H groups in total. The number of ether oxygens (including phenoxy) is 1. The molecule has 2 aromatic carbocycles. The zero-order valence-corrected chi connectivity index (χ0v) is 14.1. The fourth-order valence-electron chi connectivity index (χ4n) is 2.99. The van der Waals surface area contributed by atoms with Crippen molar-refractivity contribution < 1.29 is 4.74 Å². The van der Waals surface area contributed by atoms with Gasteiger partial charge >= 0.3 is 0 Å². The van der Waals surface area contributed by atoms with Gasteiger partial charge in [0, 0.05) is 0 Å². The van der Waals surface area contributed by atoms with Crippen molar-refractivity contribution >= 4 is 0 Å². The van der Waals surface area contributed by atoms with Gasteiger partial charge in [0.25, 0.3) is 0 Å². The first kappa shape index (κ1) is 16.6. The Labute approximate surface area is 135 Å². The molecule has 0 aromatic heterocycles. The predicted octanol–water partition coefficient (Wildman–Crippen LogP) is 6.02. The minimum absolute atomic E-state index is 0.460. The highest BCUT2D eigenvalue weighted by Gasteiger charge is 2.23. The van der Waals surface area contributed by atoms with Crippen molar-refractivity contribution in [3.05, 3.63) is 65.7 Å². The molecule has 0 radical (unpaired) electrons. The van der Waals surface area contributed by atoms with Crippen LogP contribution in [0.2, 0.25) is 0 Å². The SMILES string of the molecule is CCC(CC)(CC)Cc1ccc(COc2ccccc2)cc1. The summed E-state index contributed by atoms with van der Waals surface area (Å²) in [5.74, 6) is 0.925. The molecular formula is C21H28O. The molecule has 0 heterocycles. The molecule has 0 aliphatic carbocycles. The monoisotopic (exact) mass is 296 g/mol. The number of benzene rings is 2. The minimum Gasteiger partial charge on any atom is -0.489 e. The van der Waals surface area contributed by atoms with Crippen molar-refractivity contribution in [1.82, 2.24) is 0 Å². The van der Waals surface area contributed by atoms with E-state index in [1.807, 2.05) is 30.3 Å². The second kappa shape index (κ2) is 8.03. The van der Waals surface area contributed by atoms with Crippen molar-refractivity contribution in [1.29, 1.82) is 0 Å². The Balaban J connectivity index is 1.95. The molecular weight excluding hydrogens is 268 g/mol. The molecule has 22 heavy (non-hydrogen) atoms. The molecule has 0 aliphatic heterocycles. The normalized spacial score (nSPS) is 11.4. The molecule has 1 nitrogen and oxygen atoms in total. The molecule has 118 valence electrons. The van der Waals surface area contributed by atoms with Crippen LogP contribution in [0.5, 0.6) is 5.75 Å². The van der Waals surface area contributed by atoms with Crippen LogP contribution in [0.25, 0.3) is 0 Å². The minimum atomic E-state index is 0.460. The van der Waals surface area contributed by atoms with Crippen LogP contribution in [0.3, 0.4) is 0 Å². The second-order valence-corrected chi connectivity index (χ2v) is 6.16.